The Morgan fingerprint density at radius 1 is 0.968 bits per heavy atom. The van der Waals surface area contributed by atoms with E-state index in [-0.39, 0.29) is 5.91 Å². The summed E-state index contributed by atoms with van der Waals surface area (Å²) in [5.74, 6) is -0.155. The van der Waals surface area contributed by atoms with Gasteiger partial charge in [0.05, 0.1) is 32.1 Å². The molecule has 8 heteroatoms. The van der Waals surface area contributed by atoms with Crippen LogP contribution in [0.2, 0.25) is 20.1 Å². The predicted octanol–water partition coefficient (Wildman–Crippen LogP) is 7.80. The monoisotopic (exact) mass is 491 g/mol. The highest BCUT2D eigenvalue weighted by molar-refractivity contribution is 6.44. The Morgan fingerprint density at radius 3 is 2.55 bits per heavy atom. The fraction of sp³-hybridized carbons (Fsp3) is 0.130. The van der Waals surface area contributed by atoms with Crippen molar-refractivity contribution in [3.05, 3.63) is 80.4 Å². The minimum absolute atomic E-state index is 0.155. The molecule has 0 bridgehead atoms. The van der Waals surface area contributed by atoms with Gasteiger partial charge in [-0.3, -0.25) is 9.78 Å². The number of aromatic nitrogens is 2. The molecule has 31 heavy (non-hydrogen) atoms. The van der Waals surface area contributed by atoms with Crippen LogP contribution in [-0.4, -0.2) is 15.9 Å². The van der Waals surface area contributed by atoms with Gasteiger partial charge >= 0.3 is 0 Å². The van der Waals surface area contributed by atoms with Crippen LogP contribution in [0.4, 0.5) is 5.69 Å². The normalized spacial score (nSPS) is 11.1. The minimum Gasteiger partial charge on any atom is -0.353 e. The smallest absolute Gasteiger partial charge is 0.224 e. The summed E-state index contributed by atoms with van der Waals surface area (Å²) in [7, 11) is 0. The van der Waals surface area contributed by atoms with Crippen molar-refractivity contribution in [2.75, 3.05) is 5.32 Å². The number of rotatable bonds is 6. The number of benzene rings is 2. The number of carbonyl (C=O) groups excluding carboxylic acids is 1. The van der Waals surface area contributed by atoms with E-state index in [1.807, 2.05) is 36.4 Å². The first-order valence-corrected chi connectivity index (χ1v) is 11.1. The average molecular weight is 493 g/mol. The van der Waals surface area contributed by atoms with Crippen LogP contribution in [0, 0.1) is 0 Å². The van der Waals surface area contributed by atoms with Gasteiger partial charge in [0.25, 0.3) is 0 Å². The summed E-state index contributed by atoms with van der Waals surface area (Å²) in [6, 6.07) is 14.6. The summed E-state index contributed by atoms with van der Waals surface area (Å²) in [4.78, 5) is 20.4. The zero-order chi connectivity index (χ0) is 22.0. The number of nitrogens with one attached hydrogen (secondary N) is 2. The number of hydrogen-bond acceptors (Lipinski definition) is 2. The number of hydrogen-bond donors (Lipinski definition) is 2. The van der Waals surface area contributed by atoms with E-state index in [2.05, 4.69) is 15.3 Å². The van der Waals surface area contributed by atoms with E-state index >= 15 is 0 Å². The van der Waals surface area contributed by atoms with Crippen LogP contribution >= 0.6 is 46.4 Å². The van der Waals surface area contributed by atoms with Crippen molar-refractivity contribution >= 4 is 68.9 Å². The molecule has 0 spiro atoms. The van der Waals surface area contributed by atoms with E-state index in [4.69, 9.17) is 46.4 Å². The van der Waals surface area contributed by atoms with Crippen LogP contribution in [0.25, 0.3) is 22.3 Å². The third-order valence-corrected chi connectivity index (χ3v) is 6.17. The first-order valence-electron chi connectivity index (χ1n) is 9.58. The maximum absolute atomic E-state index is 12.5. The molecule has 4 rings (SSSR count). The van der Waals surface area contributed by atoms with E-state index in [0.717, 1.165) is 27.9 Å². The second kappa shape index (κ2) is 9.49. The summed E-state index contributed by atoms with van der Waals surface area (Å²) in [6.07, 6.45) is 3.37. The quantitative estimate of drug-likeness (QED) is 0.269. The number of H-pyrrole nitrogens is 1. The number of pyridine rings is 1. The van der Waals surface area contributed by atoms with Gasteiger partial charge in [-0.2, -0.15) is 0 Å². The number of aromatic amines is 1. The maximum atomic E-state index is 12.5. The molecular formula is C23H17Cl4N3O. The highest BCUT2D eigenvalue weighted by Crippen LogP contribution is 2.34. The molecule has 158 valence electrons. The fourth-order valence-corrected chi connectivity index (χ4v) is 4.23. The molecule has 0 aliphatic carbocycles. The zero-order valence-corrected chi connectivity index (χ0v) is 19.2. The Labute approximate surface area is 199 Å². The number of fused-ring (bicyclic) bond motifs is 1. The molecule has 0 saturated carbocycles. The minimum atomic E-state index is -0.155. The van der Waals surface area contributed by atoms with Gasteiger partial charge in [0, 0.05) is 28.5 Å². The molecule has 0 saturated heterocycles. The van der Waals surface area contributed by atoms with Crippen molar-refractivity contribution in [1.29, 1.82) is 0 Å². The van der Waals surface area contributed by atoms with Crippen molar-refractivity contribution in [2.45, 2.75) is 19.3 Å². The molecule has 0 aliphatic heterocycles. The lowest BCUT2D eigenvalue weighted by Gasteiger charge is -2.09. The Bertz CT molecular complexity index is 1250. The summed E-state index contributed by atoms with van der Waals surface area (Å²) in [5.41, 5.74) is 4.28. The van der Waals surface area contributed by atoms with Crippen LogP contribution in [0.5, 0.6) is 0 Å². The van der Waals surface area contributed by atoms with Crippen molar-refractivity contribution < 1.29 is 4.79 Å². The van der Waals surface area contributed by atoms with Gasteiger partial charge < -0.3 is 10.3 Å². The largest absolute Gasteiger partial charge is 0.353 e. The summed E-state index contributed by atoms with van der Waals surface area (Å²) >= 11 is 24.3. The van der Waals surface area contributed by atoms with E-state index < -0.39 is 0 Å². The molecule has 2 heterocycles. The highest BCUT2D eigenvalue weighted by atomic mass is 35.5. The van der Waals surface area contributed by atoms with Crippen LogP contribution < -0.4 is 5.32 Å². The number of anilines is 1. The number of amides is 1. The number of aryl methyl sites for hydroxylation is 1. The number of nitrogens with zero attached hydrogens (tertiary/aromatic N) is 1. The SMILES string of the molecule is O=C(CCCc1c(-c2ccccn2)[nH]c2ccc(Cl)cc12)Nc1cc(Cl)c(Cl)cc1Cl. The molecular weight excluding hydrogens is 476 g/mol. The van der Waals surface area contributed by atoms with Gasteiger partial charge in [-0.1, -0.05) is 52.5 Å². The van der Waals surface area contributed by atoms with Crippen molar-refractivity contribution in [3.63, 3.8) is 0 Å². The predicted molar refractivity (Wildman–Crippen MR) is 130 cm³/mol. The van der Waals surface area contributed by atoms with Gasteiger partial charge in [0.15, 0.2) is 0 Å². The summed E-state index contributed by atoms with van der Waals surface area (Å²) in [6.45, 7) is 0. The standard InChI is InChI=1S/C23H17Cl4N3O/c24-13-7-8-19-15(10-13)14(23(30-19)20-5-1-2-9-28-20)4-3-6-22(31)29-21-12-17(26)16(25)11-18(21)27/h1-2,5,7-12,30H,3-4,6H2,(H,29,31). The van der Waals surface area contributed by atoms with E-state index in [1.165, 1.54) is 6.07 Å². The van der Waals surface area contributed by atoms with Crippen LogP contribution in [0.15, 0.2) is 54.7 Å². The molecule has 4 aromatic rings. The maximum Gasteiger partial charge on any atom is 0.224 e. The van der Waals surface area contributed by atoms with E-state index in [0.29, 0.717) is 45.0 Å². The fourth-order valence-electron chi connectivity index (χ4n) is 3.47. The lowest BCUT2D eigenvalue weighted by molar-refractivity contribution is -0.116. The summed E-state index contributed by atoms with van der Waals surface area (Å²) < 4.78 is 0. The summed E-state index contributed by atoms with van der Waals surface area (Å²) in [5, 5.41) is 5.49. The first kappa shape index (κ1) is 22.0. The molecule has 0 atom stereocenters. The lowest BCUT2D eigenvalue weighted by Crippen LogP contribution is -2.12. The molecule has 0 fully saturated rings. The molecule has 2 N–H and O–H groups in total. The van der Waals surface area contributed by atoms with Crippen molar-refractivity contribution in [3.8, 4) is 11.4 Å². The third-order valence-electron chi connectivity index (χ3n) is 4.90. The van der Waals surface area contributed by atoms with Crippen LogP contribution in [0.3, 0.4) is 0 Å². The van der Waals surface area contributed by atoms with Gasteiger partial charge in [-0.15, -0.1) is 0 Å². The zero-order valence-electron chi connectivity index (χ0n) is 16.2. The number of halogens is 4. The molecule has 2 aromatic carbocycles. The highest BCUT2D eigenvalue weighted by Gasteiger charge is 2.15. The molecule has 2 aromatic heterocycles. The molecule has 1 amide bonds. The molecule has 4 nitrogen and oxygen atoms in total. The van der Waals surface area contributed by atoms with Gasteiger partial charge in [-0.05, 0) is 60.9 Å². The Hall–Kier alpha value is -2.24. The van der Waals surface area contributed by atoms with Gasteiger partial charge in [-0.25, -0.2) is 0 Å². The average Bonchev–Trinajstić information content (AvgIpc) is 3.10. The second-order valence-corrected chi connectivity index (χ2v) is 8.69. The Kier molecular flexibility index (Phi) is 6.73. The number of carbonyl (C=O) groups is 1. The third kappa shape index (κ3) is 4.99. The lowest BCUT2D eigenvalue weighted by atomic mass is 10.0. The second-order valence-electron chi connectivity index (χ2n) is 7.03. The van der Waals surface area contributed by atoms with Crippen LogP contribution in [-0.2, 0) is 11.2 Å². The molecule has 0 radical (unpaired) electrons. The van der Waals surface area contributed by atoms with Gasteiger partial charge in [0.1, 0.15) is 0 Å². The van der Waals surface area contributed by atoms with E-state index in [1.54, 1.807) is 12.3 Å². The van der Waals surface area contributed by atoms with Crippen LogP contribution in [0.1, 0.15) is 18.4 Å². The van der Waals surface area contributed by atoms with E-state index in [9.17, 15) is 4.79 Å². The Balaban J connectivity index is 1.52. The molecule has 0 unspecified atom stereocenters. The topological polar surface area (TPSA) is 57.8 Å². The van der Waals surface area contributed by atoms with Crippen molar-refractivity contribution in [1.82, 2.24) is 9.97 Å². The Morgan fingerprint density at radius 2 is 1.77 bits per heavy atom. The molecule has 0 aliphatic rings. The van der Waals surface area contributed by atoms with Crippen molar-refractivity contribution in [2.24, 2.45) is 0 Å². The van der Waals surface area contributed by atoms with Gasteiger partial charge in [0.2, 0.25) is 5.91 Å². The first-order chi connectivity index (χ1) is 14.9.